The summed E-state index contributed by atoms with van der Waals surface area (Å²) in [5.74, 6) is -0.906. The van der Waals surface area contributed by atoms with Crippen molar-refractivity contribution < 1.29 is 39.9 Å². The van der Waals surface area contributed by atoms with Gasteiger partial charge in [-0.15, -0.1) is 0 Å². The van der Waals surface area contributed by atoms with E-state index in [1.807, 2.05) is 29.2 Å². The molecule has 1 saturated heterocycles. The maximum Gasteiger partial charge on any atom is 0.318 e. The van der Waals surface area contributed by atoms with Gasteiger partial charge in [0.25, 0.3) is 20.2 Å². The minimum Gasteiger partial charge on any atom is -0.493 e. The van der Waals surface area contributed by atoms with Gasteiger partial charge < -0.3 is 19.9 Å². The fourth-order valence-electron chi connectivity index (χ4n) is 3.92. The lowest BCUT2D eigenvalue weighted by atomic mass is 10.0. The molecule has 1 aliphatic rings. The van der Waals surface area contributed by atoms with Gasteiger partial charge in [-0.1, -0.05) is 38.1 Å². The van der Waals surface area contributed by atoms with Crippen LogP contribution in [0.15, 0.2) is 48.5 Å². The van der Waals surface area contributed by atoms with E-state index in [0.717, 1.165) is 42.8 Å². The second-order valence-electron chi connectivity index (χ2n) is 10.4. The first kappa shape index (κ1) is 34.4. The molecule has 0 aliphatic carbocycles. The molecule has 3 rings (SSSR count). The topological polar surface area (TPSA) is 154 Å². The average molecular weight is 618 g/mol. The van der Waals surface area contributed by atoms with Gasteiger partial charge in [-0.2, -0.15) is 16.8 Å². The van der Waals surface area contributed by atoms with E-state index in [2.05, 4.69) is 31.1 Å². The van der Waals surface area contributed by atoms with Gasteiger partial charge in [-0.05, 0) is 74.3 Å². The molecule has 0 aromatic heterocycles. The van der Waals surface area contributed by atoms with Crippen LogP contribution in [0.4, 0.5) is 9.18 Å². The van der Waals surface area contributed by atoms with E-state index in [1.165, 1.54) is 12.1 Å². The molecule has 0 atom stereocenters. The first-order valence-electron chi connectivity index (χ1n) is 13.2. The fraction of sp³-hybridized carbons (Fsp3) is 0.519. The zero-order valence-electron chi connectivity index (χ0n) is 23.6. The van der Waals surface area contributed by atoms with Crippen LogP contribution in [0, 0.1) is 11.7 Å². The summed E-state index contributed by atoms with van der Waals surface area (Å²) in [6.45, 7) is 7.78. The van der Waals surface area contributed by atoms with E-state index in [4.69, 9.17) is 13.8 Å². The van der Waals surface area contributed by atoms with E-state index in [9.17, 15) is 26.0 Å². The first-order valence-corrected chi connectivity index (χ1v) is 16.4. The Balaban J connectivity index is 0.000000503. The Kier molecular flexibility index (Phi) is 13.4. The number of piperidine rings is 1. The van der Waals surface area contributed by atoms with Crippen LogP contribution in [-0.4, -0.2) is 86.1 Å². The predicted octanol–water partition coefficient (Wildman–Crippen LogP) is 3.43. The number of carbonyl (C=O) groups excluding carboxylic acids is 1. The minimum absolute atomic E-state index is 0.0842. The number of ether oxygens (including phenoxy) is 1. The van der Waals surface area contributed by atoms with Crippen molar-refractivity contribution in [2.24, 2.45) is 5.92 Å². The number of benzene rings is 2. The number of amides is 2. The zero-order chi connectivity index (χ0) is 30.6. The smallest absolute Gasteiger partial charge is 0.318 e. The van der Waals surface area contributed by atoms with E-state index in [0.29, 0.717) is 25.6 Å². The summed E-state index contributed by atoms with van der Waals surface area (Å²) in [4.78, 5) is 17.3. The van der Waals surface area contributed by atoms with Crippen LogP contribution >= 0.6 is 0 Å². The number of hydrogen-bond acceptors (Lipinski definition) is 7. The maximum atomic E-state index is 13.3. The van der Waals surface area contributed by atoms with E-state index in [1.54, 1.807) is 12.1 Å². The van der Waals surface area contributed by atoms with Gasteiger partial charge >= 0.3 is 6.03 Å². The molecule has 230 valence electrons. The molecule has 0 bridgehead atoms. The molecule has 0 spiro atoms. The van der Waals surface area contributed by atoms with Gasteiger partial charge in [0.2, 0.25) is 0 Å². The highest BCUT2D eigenvalue weighted by Gasteiger charge is 2.27. The molecule has 11 nitrogen and oxygen atoms in total. The van der Waals surface area contributed by atoms with Gasteiger partial charge in [0.1, 0.15) is 11.6 Å². The molecule has 1 fully saturated rings. The Bertz CT molecular complexity index is 1270. The average Bonchev–Trinajstić information content (AvgIpc) is 2.90. The number of halogens is 1. The fourth-order valence-corrected chi connectivity index (χ4v) is 5.60. The van der Waals surface area contributed by atoms with Crippen LogP contribution in [0.5, 0.6) is 5.75 Å². The van der Waals surface area contributed by atoms with Crippen molar-refractivity contribution in [3.63, 3.8) is 0 Å². The largest absolute Gasteiger partial charge is 0.493 e. The summed E-state index contributed by atoms with van der Waals surface area (Å²) in [7, 11) is -6.49. The highest BCUT2D eigenvalue weighted by atomic mass is 32.2. The standard InChI is InChI=1S/C25H34FN3O2.C2H6O6S2/c1-19(2)18-31-24-10-6-20(7-11-24)16-27-25(30)29(23-12-14-28(3)15-13-23)17-21-4-8-22(26)9-5-21;3-9(4,5)1-2-10(6,7)8/h4-11,19,23H,12-18H2,1-3H3,(H,27,30);1-2H2,(H,3,4,5)(H,6,7,8). The van der Waals surface area contributed by atoms with Crippen LogP contribution in [0.1, 0.15) is 37.8 Å². The molecule has 0 unspecified atom stereocenters. The lowest BCUT2D eigenvalue weighted by Gasteiger charge is -2.37. The summed E-state index contributed by atoms with van der Waals surface area (Å²) in [6.07, 6.45) is 1.88. The van der Waals surface area contributed by atoms with Crippen LogP contribution in [0.2, 0.25) is 0 Å². The number of nitrogens with zero attached hydrogens (tertiary/aromatic N) is 2. The summed E-state index contributed by atoms with van der Waals surface area (Å²) in [5, 5.41) is 3.07. The Labute approximate surface area is 242 Å². The van der Waals surface area contributed by atoms with Crippen LogP contribution in [0.3, 0.4) is 0 Å². The summed E-state index contributed by atoms with van der Waals surface area (Å²) in [5.41, 5.74) is 1.96. The third-order valence-electron chi connectivity index (χ3n) is 6.21. The molecule has 0 radical (unpaired) electrons. The Morgan fingerprint density at radius 2 is 1.49 bits per heavy atom. The van der Waals surface area contributed by atoms with E-state index < -0.39 is 31.7 Å². The maximum absolute atomic E-state index is 13.3. The van der Waals surface area contributed by atoms with Gasteiger partial charge in [-0.3, -0.25) is 9.11 Å². The lowest BCUT2D eigenvalue weighted by molar-refractivity contribution is 0.127. The summed E-state index contributed by atoms with van der Waals surface area (Å²) >= 11 is 0. The molecule has 41 heavy (non-hydrogen) atoms. The quantitative estimate of drug-likeness (QED) is 0.322. The number of nitrogens with one attached hydrogen (secondary N) is 1. The predicted molar refractivity (Wildman–Crippen MR) is 154 cm³/mol. The highest BCUT2D eigenvalue weighted by molar-refractivity contribution is 7.89. The van der Waals surface area contributed by atoms with Crippen LogP contribution in [0.25, 0.3) is 0 Å². The van der Waals surface area contributed by atoms with Crippen molar-refractivity contribution in [2.45, 2.75) is 45.8 Å². The van der Waals surface area contributed by atoms with E-state index >= 15 is 0 Å². The third-order valence-corrected chi connectivity index (χ3v) is 7.90. The monoisotopic (exact) mass is 617 g/mol. The van der Waals surface area contributed by atoms with Crippen LogP contribution in [-0.2, 0) is 33.3 Å². The van der Waals surface area contributed by atoms with E-state index in [-0.39, 0.29) is 17.9 Å². The molecule has 1 aliphatic heterocycles. The number of hydrogen-bond donors (Lipinski definition) is 3. The van der Waals surface area contributed by atoms with Crippen LogP contribution < -0.4 is 10.1 Å². The number of likely N-dealkylation sites (tertiary alicyclic amines) is 1. The number of urea groups is 1. The Morgan fingerprint density at radius 3 is 1.98 bits per heavy atom. The third kappa shape index (κ3) is 14.6. The molecule has 2 amide bonds. The number of rotatable bonds is 11. The second kappa shape index (κ2) is 16.0. The molecule has 0 saturated carbocycles. The van der Waals surface area contributed by atoms with Crippen molar-refractivity contribution in [1.82, 2.24) is 15.1 Å². The molecule has 14 heteroatoms. The zero-order valence-corrected chi connectivity index (χ0v) is 25.2. The van der Waals surface area contributed by atoms with Crippen molar-refractivity contribution in [3.8, 4) is 5.75 Å². The molecule has 3 N–H and O–H groups in total. The molecule has 2 aromatic rings. The van der Waals surface area contributed by atoms with Gasteiger partial charge in [0.15, 0.2) is 0 Å². The Hall–Kier alpha value is -2.78. The highest BCUT2D eigenvalue weighted by Crippen LogP contribution is 2.19. The molecule has 2 aromatic carbocycles. The lowest BCUT2D eigenvalue weighted by Crippen LogP contribution is -2.49. The van der Waals surface area contributed by atoms with Crippen molar-refractivity contribution >= 4 is 26.3 Å². The minimum atomic E-state index is -4.30. The summed E-state index contributed by atoms with van der Waals surface area (Å²) in [6, 6.07) is 14.3. The first-order chi connectivity index (χ1) is 19.1. The Morgan fingerprint density at radius 1 is 0.976 bits per heavy atom. The van der Waals surface area contributed by atoms with Gasteiger partial charge in [0.05, 0.1) is 18.1 Å². The second-order valence-corrected chi connectivity index (χ2v) is 13.5. The van der Waals surface area contributed by atoms with Crippen molar-refractivity contribution in [3.05, 3.63) is 65.5 Å². The molecular formula is C27H40FN3O8S2. The van der Waals surface area contributed by atoms with Gasteiger partial charge in [0, 0.05) is 19.1 Å². The normalized spacial score (nSPS) is 14.7. The number of carbonyl (C=O) groups is 1. The molecule has 1 heterocycles. The van der Waals surface area contributed by atoms with Crippen molar-refractivity contribution in [2.75, 3.05) is 38.2 Å². The van der Waals surface area contributed by atoms with Gasteiger partial charge in [-0.25, -0.2) is 9.18 Å². The van der Waals surface area contributed by atoms with Crippen molar-refractivity contribution in [1.29, 1.82) is 0 Å². The SMILES string of the molecule is CC(C)COc1ccc(CNC(=O)N(Cc2ccc(F)cc2)C2CCN(C)CC2)cc1.O=S(=O)(O)CCS(=O)(=O)O. The summed E-state index contributed by atoms with van der Waals surface area (Å²) < 4.78 is 74.4. The molecular weight excluding hydrogens is 577 g/mol.